The number of methoxy groups -OCH3 is 1. The molecule has 1 aromatic heterocycles. The second kappa shape index (κ2) is 6.66. The maximum Gasteiger partial charge on any atom is 0.167 e. The smallest absolute Gasteiger partial charge is 0.167 e. The Labute approximate surface area is 134 Å². The van der Waals surface area contributed by atoms with E-state index in [0.717, 1.165) is 43.3 Å². The van der Waals surface area contributed by atoms with Crippen LogP contribution in [0.15, 0.2) is 18.5 Å². The molecule has 0 unspecified atom stereocenters. The predicted molar refractivity (Wildman–Crippen MR) is 83.3 cm³/mol. The van der Waals surface area contributed by atoms with Crippen molar-refractivity contribution in [2.24, 2.45) is 0 Å². The summed E-state index contributed by atoms with van der Waals surface area (Å²) in [4.78, 5) is 9.77. The monoisotopic (exact) mass is 321 g/mol. The first kappa shape index (κ1) is 15.9. The van der Waals surface area contributed by atoms with Crippen LogP contribution in [0.3, 0.4) is 0 Å². The topological polar surface area (TPSA) is 41.2 Å². The third kappa shape index (κ3) is 2.95. The molecule has 0 amide bonds. The van der Waals surface area contributed by atoms with Crippen LogP contribution in [0.25, 0.3) is 0 Å². The van der Waals surface area contributed by atoms with Gasteiger partial charge in [0.1, 0.15) is 5.75 Å². The van der Waals surface area contributed by atoms with Gasteiger partial charge in [0.05, 0.1) is 25.2 Å². The highest BCUT2D eigenvalue weighted by atomic mass is 19.2. The predicted octanol–water partition coefficient (Wildman–Crippen LogP) is 3.60. The van der Waals surface area contributed by atoms with Gasteiger partial charge in [-0.15, -0.1) is 0 Å². The Kier molecular flexibility index (Phi) is 4.61. The Balaban J connectivity index is 1.92. The van der Waals surface area contributed by atoms with Crippen molar-refractivity contribution in [2.75, 3.05) is 13.7 Å². The van der Waals surface area contributed by atoms with E-state index in [1.165, 1.54) is 13.2 Å². The summed E-state index contributed by atoms with van der Waals surface area (Å²) in [5, 5.41) is 0. The molecule has 124 valence electrons. The van der Waals surface area contributed by atoms with Crippen LogP contribution in [-0.2, 0) is 13.0 Å². The summed E-state index contributed by atoms with van der Waals surface area (Å²) in [6.07, 6.45) is 4.46. The van der Waals surface area contributed by atoms with Gasteiger partial charge in [-0.25, -0.2) is 13.8 Å². The number of hydrogen-bond acceptors (Lipinski definition) is 3. The molecule has 1 N–H and O–H groups in total. The first-order chi connectivity index (χ1) is 11.2. The van der Waals surface area contributed by atoms with Gasteiger partial charge in [-0.2, -0.15) is 0 Å². The number of imidazole rings is 1. The Morgan fingerprint density at radius 2 is 2.22 bits per heavy atom. The van der Waals surface area contributed by atoms with Gasteiger partial charge in [0.25, 0.3) is 0 Å². The van der Waals surface area contributed by atoms with Gasteiger partial charge in [-0.3, -0.25) is 4.90 Å². The molecule has 2 aromatic rings. The Morgan fingerprint density at radius 3 is 2.96 bits per heavy atom. The van der Waals surface area contributed by atoms with Gasteiger partial charge in [0, 0.05) is 30.8 Å². The molecule has 0 aliphatic carbocycles. The molecule has 1 aliphatic heterocycles. The first-order valence-electron chi connectivity index (χ1n) is 7.92. The van der Waals surface area contributed by atoms with Crippen molar-refractivity contribution in [2.45, 2.75) is 38.8 Å². The van der Waals surface area contributed by atoms with E-state index in [2.05, 4.69) is 21.8 Å². The molecule has 0 radical (unpaired) electrons. The Bertz CT molecular complexity index is 686. The van der Waals surface area contributed by atoms with E-state index in [1.807, 2.05) is 0 Å². The zero-order valence-corrected chi connectivity index (χ0v) is 13.4. The highest BCUT2D eigenvalue weighted by Gasteiger charge is 2.30. The number of fused-ring (bicyclic) bond motifs is 1. The Morgan fingerprint density at radius 1 is 1.39 bits per heavy atom. The number of benzene rings is 1. The van der Waals surface area contributed by atoms with Crippen molar-refractivity contribution < 1.29 is 13.5 Å². The summed E-state index contributed by atoms with van der Waals surface area (Å²) in [6.45, 7) is 3.20. The standard InChI is InChI=1S/C17H21F2N3O/c1-3-4-14-17-13(20-10-21-17)7-8-22(14)9-11-15(23-2)6-5-12(18)16(11)19/h5-6,10,14H,3-4,7-9H2,1-2H3,(H,20,21)/t14-/m1/s1. The van der Waals surface area contributed by atoms with E-state index in [0.29, 0.717) is 12.3 Å². The lowest BCUT2D eigenvalue weighted by molar-refractivity contribution is 0.157. The van der Waals surface area contributed by atoms with Crippen LogP contribution < -0.4 is 4.74 Å². The van der Waals surface area contributed by atoms with Gasteiger partial charge in [0.2, 0.25) is 0 Å². The van der Waals surface area contributed by atoms with Crippen molar-refractivity contribution in [1.82, 2.24) is 14.9 Å². The number of nitrogens with one attached hydrogen (secondary N) is 1. The number of aromatic nitrogens is 2. The molecule has 0 saturated carbocycles. The molecule has 1 aromatic carbocycles. The fourth-order valence-electron chi connectivity index (χ4n) is 3.30. The average Bonchev–Trinajstić information content (AvgIpc) is 3.03. The van der Waals surface area contributed by atoms with Crippen LogP contribution in [-0.4, -0.2) is 28.5 Å². The third-order valence-corrected chi connectivity index (χ3v) is 4.45. The summed E-state index contributed by atoms with van der Waals surface area (Å²) in [7, 11) is 1.47. The number of H-pyrrole nitrogens is 1. The first-order valence-corrected chi connectivity index (χ1v) is 7.92. The molecule has 6 heteroatoms. The molecule has 4 nitrogen and oxygen atoms in total. The zero-order chi connectivity index (χ0) is 16.4. The van der Waals surface area contributed by atoms with E-state index in [9.17, 15) is 8.78 Å². The summed E-state index contributed by atoms with van der Waals surface area (Å²) in [6, 6.07) is 2.69. The highest BCUT2D eigenvalue weighted by Crippen LogP contribution is 2.34. The molecule has 0 fully saturated rings. The molecule has 23 heavy (non-hydrogen) atoms. The summed E-state index contributed by atoms with van der Waals surface area (Å²) >= 11 is 0. The maximum atomic E-state index is 14.2. The molecular formula is C17H21F2N3O. The van der Waals surface area contributed by atoms with Crippen LogP contribution >= 0.6 is 0 Å². The summed E-state index contributed by atoms with van der Waals surface area (Å²) < 4.78 is 33.1. The van der Waals surface area contributed by atoms with Gasteiger partial charge < -0.3 is 9.72 Å². The van der Waals surface area contributed by atoms with Gasteiger partial charge in [-0.1, -0.05) is 13.3 Å². The van der Waals surface area contributed by atoms with E-state index >= 15 is 0 Å². The second-order valence-corrected chi connectivity index (χ2v) is 5.83. The van der Waals surface area contributed by atoms with Crippen LogP contribution in [0.5, 0.6) is 5.75 Å². The van der Waals surface area contributed by atoms with E-state index in [-0.39, 0.29) is 11.6 Å². The minimum atomic E-state index is -0.842. The summed E-state index contributed by atoms with van der Waals surface area (Å²) in [5.41, 5.74) is 2.44. The van der Waals surface area contributed by atoms with Gasteiger partial charge in [-0.05, 0) is 18.6 Å². The van der Waals surface area contributed by atoms with E-state index in [4.69, 9.17) is 4.74 Å². The lowest BCUT2D eigenvalue weighted by atomic mass is 9.97. The number of rotatable bonds is 5. The fourth-order valence-corrected chi connectivity index (χ4v) is 3.30. The highest BCUT2D eigenvalue weighted by molar-refractivity contribution is 5.36. The largest absolute Gasteiger partial charge is 0.496 e. The normalized spacial score (nSPS) is 18.0. The van der Waals surface area contributed by atoms with Crippen LogP contribution in [0.4, 0.5) is 8.78 Å². The molecule has 0 saturated heterocycles. The van der Waals surface area contributed by atoms with Gasteiger partial charge in [0.15, 0.2) is 11.6 Å². The van der Waals surface area contributed by atoms with Crippen molar-refractivity contribution in [3.8, 4) is 5.75 Å². The molecule has 1 atom stereocenters. The molecule has 2 heterocycles. The van der Waals surface area contributed by atoms with Crippen molar-refractivity contribution in [3.05, 3.63) is 47.0 Å². The number of hydrogen-bond donors (Lipinski definition) is 1. The lowest BCUT2D eigenvalue weighted by Crippen LogP contribution is -2.35. The zero-order valence-electron chi connectivity index (χ0n) is 13.4. The van der Waals surface area contributed by atoms with E-state index < -0.39 is 11.6 Å². The van der Waals surface area contributed by atoms with Crippen molar-refractivity contribution in [1.29, 1.82) is 0 Å². The third-order valence-electron chi connectivity index (χ3n) is 4.45. The van der Waals surface area contributed by atoms with Crippen molar-refractivity contribution in [3.63, 3.8) is 0 Å². The van der Waals surface area contributed by atoms with Crippen LogP contribution in [0.2, 0.25) is 0 Å². The van der Waals surface area contributed by atoms with Gasteiger partial charge >= 0.3 is 0 Å². The minimum absolute atomic E-state index is 0.113. The SMILES string of the molecule is CCC[C@@H]1c2nc[nH]c2CCN1Cc1c(OC)ccc(F)c1F. The van der Waals surface area contributed by atoms with Crippen LogP contribution in [0, 0.1) is 11.6 Å². The average molecular weight is 321 g/mol. The lowest BCUT2D eigenvalue weighted by Gasteiger charge is -2.35. The quantitative estimate of drug-likeness (QED) is 0.915. The Hall–Kier alpha value is -1.95. The number of aromatic amines is 1. The minimum Gasteiger partial charge on any atom is -0.496 e. The summed E-state index contributed by atoms with van der Waals surface area (Å²) in [5.74, 6) is -1.29. The second-order valence-electron chi connectivity index (χ2n) is 5.83. The molecular weight excluding hydrogens is 300 g/mol. The van der Waals surface area contributed by atoms with Crippen LogP contribution in [0.1, 0.15) is 42.8 Å². The van der Waals surface area contributed by atoms with Crippen molar-refractivity contribution >= 4 is 0 Å². The fraction of sp³-hybridized carbons (Fsp3) is 0.471. The molecule has 1 aliphatic rings. The number of ether oxygens (including phenoxy) is 1. The molecule has 0 spiro atoms. The number of halogens is 2. The molecule has 0 bridgehead atoms. The molecule has 3 rings (SSSR count). The maximum absolute atomic E-state index is 14.2. The van der Waals surface area contributed by atoms with E-state index in [1.54, 1.807) is 6.33 Å². The number of nitrogens with zero attached hydrogens (tertiary/aromatic N) is 2.